The highest BCUT2D eigenvalue weighted by Gasteiger charge is 2.19. The third-order valence-electron chi connectivity index (χ3n) is 2.39. The van der Waals surface area contributed by atoms with Crippen LogP contribution in [0.2, 0.25) is 13.7 Å². The van der Waals surface area contributed by atoms with Crippen molar-refractivity contribution < 1.29 is 0 Å². The second-order valence-corrected chi connectivity index (χ2v) is 6.80. The number of halogens is 4. The van der Waals surface area contributed by atoms with E-state index in [4.69, 9.17) is 46.4 Å². The summed E-state index contributed by atoms with van der Waals surface area (Å²) in [5, 5.41) is 0.266. The Hall–Kier alpha value is 0.0800. The van der Waals surface area contributed by atoms with E-state index in [1.54, 1.807) is 6.07 Å². The van der Waals surface area contributed by atoms with Gasteiger partial charge in [-0.1, -0.05) is 46.9 Å². The molecule has 90 valence electrons. The van der Waals surface area contributed by atoms with E-state index in [9.17, 15) is 0 Å². The Labute approximate surface area is 124 Å². The molecule has 0 radical (unpaired) electrons. The molecule has 0 saturated carbocycles. The summed E-state index contributed by atoms with van der Waals surface area (Å²) in [5.41, 5.74) is 2.74. The molecule has 0 amide bonds. The molecule has 2 aromatic rings. The van der Waals surface area contributed by atoms with E-state index in [1.165, 1.54) is 11.3 Å². The smallest absolute Gasteiger partial charge is 0.0994 e. The molecular formula is C12H8Cl4S. The molecule has 1 aromatic heterocycles. The molecule has 0 N–H and O–H groups in total. The van der Waals surface area contributed by atoms with Crippen molar-refractivity contribution in [3.8, 4) is 0 Å². The molecule has 0 saturated heterocycles. The molecular weight excluding hydrogens is 318 g/mol. The molecule has 0 nitrogen and oxygen atoms in total. The zero-order valence-corrected chi connectivity index (χ0v) is 12.6. The third-order valence-corrected chi connectivity index (χ3v) is 4.70. The zero-order chi connectivity index (χ0) is 12.6. The lowest BCUT2D eigenvalue weighted by Gasteiger charge is -2.11. The summed E-state index contributed by atoms with van der Waals surface area (Å²) < 4.78 is 1.23. The molecule has 1 atom stereocenters. The summed E-state index contributed by atoms with van der Waals surface area (Å²) in [6.07, 6.45) is 0. The zero-order valence-electron chi connectivity index (χ0n) is 8.81. The first-order chi connectivity index (χ1) is 7.99. The molecule has 2 rings (SSSR count). The highest BCUT2D eigenvalue weighted by Crippen LogP contribution is 2.42. The molecule has 1 heterocycles. The molecule has 0 aliphatic rings. The summed E-state index contributed by atoms with van der Waals surface area (Å²) in [7, 11) is 0. The van der Waals surface area contributed by atoms with Crippen molar-refractivity contribution in [2.75, 3.05) is 0 Å². The number of alkyl halides is 1. The fraction of sp³-hybridized carbons (Fsp3) is 0.167. The molecule has 0 spiro atoms. The maximum absolute atomic E-state index is 6.39. The number of rotatable bonds is 2. The summed E-state index contributed by atoms with van der Waals surface area (Å²) in [6, 6.07) is 7.55. The van der Waals surface area contributed by atoms with E-state index < -0.39 is 0 Å². The SMILES string of the molecule is Cc1ccc(C(Cl)c2cc(Cl)sc2Cl)c(Cl)c1. The van der Waals surface area contributed by atoms with Gasteiger partial charge in [0, 0.05) is 10.6 Å². The van der Waals surface area contributed by atoms with Gasteiger partial charge in [-0.05, 0) is 30.2 Å². The van der Waals surface area contributed by atoms with E-state index in [-0.39, 0.29) is 5.38 Å². The number of hydrogen-bond acceptors (Lipinski definition) is 1. The van der Waals surface area contributed by atoms with Gasteiger partial charge in [-0.15, -0.1) is 22.9 Å². The van der Waals surface area contributed by atoms with E-state index in [1.807, 2.05) is 25.1 Å². The van der Waals surface area contributed by atoms with Crippen molar-refractivity contribution in [1.82, 2.24) is 0 Å². The lowest BCUT2D eigenvalue weighted by molar-refractivity contribution is 1.15. The van der Waals surface area contributed by atoms with Crippen LogP contribution in [-0.2, 0) is 0 Å². The van der Waals surface area contributed by atoms with Crippen LogP contribution in [0.1, 0.15) is 22.1 Å². The van der Waals surface area contributed by atoms with Gasteiger partial charge in [-0.3, -0.25) is 0 Å². The standard InChI is InChI=1S/C12H8Cl4S/c1-6-2-3-7(9(13)4-6)11(15)8-5-10(14)17-12(8)16/h2-5,11H,1H3. The monoisotopic (exact) mass is 324 g/mol. The minimum atomic E-state index is -0.376. The average Bonchev–Trinajstić information content (AvgIpc) is 2.57. The second kappa shape index (κ2) is 5.38. The quantitative estimate of drug-likeness (QED) is 0.565. The van der Waals surface area contributed by atoms with E-state index in [2.05, 4.69) is 0 Å². The Morgan fingerprint density at radius 3 is 2.29 bits per heavy atom. The van der Waals surface area contributed by atoms with Gasteiger partial charge in [0.2, 0.25) is 0 Å². The van der Waals surface area contributed by atoms with Crippen molar-refractivity contribution >= 4 is 57.7 Å². The van der Waals surface area contributed by atoms with Crippen molar-refractivity contribution in [1.29, 1.82) is 0 Å². The predicted molar refractivity (Wildman–Crippen MR) is 78.2 cm³/mol. The van der Waals surface area contributed by atoms with Crippen LogP contribution in [0.15, 0.2) is 24.3 Å². The lowest BCUT2D eigenvalue weighted by atomic mass is 10.1. The maximum atomic E-state index is 6.39. The van der Waals surface area contributed by atoms with Gasteiger partial charge in [-0.2, -0.15) is 0 Å². The molecule has 0 fully saturated rings. The van der Waals surface area contributed by atoms with Gasteiger partial charge in [0.05, 0.1) is 14.0 Å². The van der Waals surface area contributed by atoms with Gasteiger partial charge in [-0.25, -0.2) is 0 Å². The molecule has 0 aliphatic carbocycles. The fourth-order valence-electron chi connectivity index (χ4n) is 1.53. The third kappa shape index (κ3) is 2.91. The largest absolute Gasteiger partial charge is 0.112 e. The Balaban J connectivity index is 2.43. The van der Waals surface area contributed by atoms with Crippen LogP contribution >= 0.6 is 57.7 Å². The molecule has 1 aromatic carbocycles. The minimum absolute atomic E-state index is 0.376. The summed E-state index contributed by atoms with van der Waals surface area (Å²) in [4.78, 5) is 0. The number of benzene rings is 1. The topological polar surface area (TPSA) is 0 Å². The summed E-state index contributed by atoms with van der Waals surface area (Å²) >= 11 is 25.9. The highest BCUT2D eigenvalue weighted by atomic mass is 35.5. The first-order valence-electron chi connectivity index (χ1n) is 4.84. The lowest BCUT2D eigenvalue weighted by Crippen LogP contribution is -1.93. The van der Waals surface area contributed by atoms with Crippen molar-refractivity contribution in [2.24, 2.45) is 0 Å². The van der Waals surface area contributed by atoms with Gasteiger partial charge >= 0.3 is 0 Å². The van der Waals surface area contributed by atoms with Crippen LogP contribution in [0.3, 0.4) is 0 Å². The predicted octanol–water partition coefficient (Wildman–Crippen LogP) is 6.34. The molecule has 5 heteroatoms. The Morgan fingerprint density at radius 2 is 1.76 bits per heavy atom. The Bertz CT molecular complexity index is 547. The number of thiophene rings is 1. The second-order valence-electron chi connectivity index (χ2n) is 3.67. The molecule has 1 unspecified atom stereocenters. The normalized spacial score (nSPS) is 12.8. The first-order valence-corrected chi connectivity index (χ1v) is 7.22. The van der Waals surface area contributed by atoms with Gasteiger partial charge in [0.25, 0.3) is 0 Å². The maximum Gasteiger partial charge on any atom is 0.0994 e. The Morgan fingerprint density at radius 1 is 1.06 bits per heavy atom. The van der Waals surface area contributed by atoms with Crippen molar-refractivity contribution in [2.45, 2.75) is 12.3 Å². The van der Waals surface area contributed by atoms with Gasteiger partial charge in [0.15, 0.2) is 0 Å². The average molecular weight is 326 g/mol. The van der Waals surface area contributed by atoms with E-state index in [0.717, 1.165) is 16.7 Å². The van der Waals surface area contributed by atoms with Crippen molar-refractivity contribution in [3.63, 3.8) is 0 Å². The first kappa shape index (κ1) is 13.5. The van der Waals surface area contributed by atoms with Crippen molar-refractivity contribution in [3.05, 3.63) is 54.7 Å². The fourth-order valence-corrected chi connectivity index (χ4v) is 3.95. The van der Waals surface area contributed by atoms with Crippen LogP contribution in [0.5, 0.6) is 0 Å². The van der Waals surface area contributed by atoms with Gasteiger partial charge in [0.1, 0.15) is 0 Å². The summed E-state index contributed by atoms with van der Waals surface area (Å²) in [6.45, 7) is 1.98. The van der Waals surface area contributed by atoms with Crippen LogP contribution in [0.25, 0.3) is 0 Å². The molecule has 17 heavy (non-hydrogen) atoms. The highest BCUT2D eigenvalue weighted by molar-refractivity contribution is 7.20. The van der Waals surface area contributed by atoms with Gasteiger partial charge < -0.3 is 0 Å². The summed E-state index contributed by atoms with van der Waals surface area (Å²) in [5.74, 6) is 0. The molecule has 0 aliphatic heterocycles. The number of aryl methyl sites for hydroxylation is 1. The Kier molecular flexibility index (Phi) is 4.27. The van der Waals surface area contributed by atoms with E-state index in [0.29, 0.717) is 13.7 Å². The number of hydrogen-bond donors (Lipinski definition) is 0. The van der Waals surface area contributed by atoms with E-state index >= 15 is 0 Å². The van der Waals surface area contributed by atoms with Crippen LogP contribution < -0.4 is 0 Å². The van der Waals surface area contributed by atoms with Crippen LogP contribution in [-0.4, -0.2) is 0 Å². The van der Waals surface area contributed by atoms with Crippen LogP contribution in [0, 0.1) is 6.92 Å². The minimum Gasteiger partial charge on any atom is -0.112 e. The van der Waals surface area contributed by atoms with Crippen LogP contribution in [0.4, 0.5) is 0 Å². The molecule has 0 bridgehead atoms.